The van der Waals surface area contributed by atoms with Crippen molar-refractivity contribution in [3.05, 3.63) is 67.9 Å². The van der Waals surface area contributed by atoms with E-state index in [1.54, 1.807) is 23.1 Å². The van der Waals surface area contributed by atoms with Crippen LogP contribution in [0.3, 0.4) is 0 Å². The summed E-state index contributed by atoms with van der Waals surface area (Å²) in [6.45, 7) is 0.793. The van der Waals surface area contributed by atoms with E-state index in [2.05, 4.69) is 0 Å². The first-order valence-electron chi connectivity index (χ1n) is 8.63. The van der Waals surface area contributed by atoms with E-state index in [4.69, 9.17) is 34.8 Å². The van der Waals surface area contributed by atoms with Crippen molar-refractivity contribution in [3.8, 4) is 0 Å². The Bertz CT molecular complexity index is 895. The molecule has 0 spiro atoms. The lowest BCUT2D eigenvalue weighted by Crippen LogP contribution is -2.52. The van der Waals surface area contributed by atoms with E-state index in [1.807, 2.05) is 6.07 Å². The number of benzene rings is 2. The second kappa shape index (κ2) is 6.70. The third-order valence-electron chi connectivity index (χ3n) is 5.67. The molecule has 26 heavy (non-hydrogen) atoms. The van der Waals surface area contributed by atoms with Gasteiger partial charge in [-0.15, -0.1) is 0 Å². The average molecular weight is 413 g/mol. The minimum absolute atomic E-state index is 0.0344. The van der Waals surface area contributed by atoms with Gasteiger partial charge >= 0.3 is 0 Å². The summed E-state index contributed by atoms with van der Waals surface area (Å²) in [6.07, 6.45) is 3.09. The maximum atomic E-state index is 14.3. The standard InChI is InChI=1S/C20H17Cl3FNO/c21-15-4-5-18(24)14-11-25(9-6-13(14)15)19(26)20(7-1-8-20)12-2-3-16(22)17(23)10-12/h2-5,10H,1,6-9,11H2. The van der Waals surface area contributed by atoms with Crippen molar-refractivity contribution in [2.45, 2.75) is 37.6 Å². The predicted molar refractivity (Wildman–Crippen MR) is 103 cm³/mol. The van der Waals surface area contributed by atoms with Crippen LogP contribution in [-0.4, -0.2) is 17.4 Å². The number of rotatable bonds is 2. The van der Waals surface area contributed by atoms with Gasteiger partial charge in [-0.2, -0.15) is 0 Å². The number of carbonyl (C=O) groups excluding carboxylic acids is 1. The molecule has 0 saturated heterocycles. The molecule has 0 unspecified atom stereocenters. The molecule has 1 aliphatic carbocycles. The summed E-state index contributed by atoms with van der Waals surface area (Å²) in [6, 6.07) is 8.35. The second-order valence-electron chi connectivity index (χ2n) is 7.03. The fraction of sp³-hybridized carbons (Fsp3) is 0.350. The van der Waals surface area contributed by atoms with Crippen molar-refractivity contribution in [3.63, 3.8) is 0 Å². The van der Waals surface area contributed by atoms with E-state index in [9.17, 15) is 9.18 Å². The Balaban J connectivity index is 1.66. The maximum Gasteiger partial charge on any atom is 0.233 e. The first kappa shape index (κ1) is 18.1. The van der Waals surface area contributed by atoms with E-state index in [-0.39, 0.29) is 18.3 Å². The number of hydrogen-bond acceptors (Lipinski definition) is 1. The number of nitrogens with zero attached hydrogens (tertiary/aromatic N) is 1. The fourth-order valence-electron chi connectivity index (χ4n) is 4.02. The molecule has 136 valence electrons. The van der Waals surface area contributed by atoms with Crippen LogP contribution >= 0.6 is 34.8 Å². The minimum atomic E-state index is -0.583. The number of amides is 1. The summed E-state index contributed by atoms with van der Waals surface area (Å²) in [5.74, 6) is -0.272. The van der Waals surface area contributed by atoms with Gasteiger partial charge in [-0.1, -0.05) is 47.3 Å². The molecule has 0 aromatic heterocycles. The third kappa shape index (κ3) is 2.81. The molecule has 4 rings (SSSR count). The smallest absolute Gasteiger partial charge is 0.233 e. The van der Waals surface area contributed by atoms with Crippen LogP contribution in [0.4, 0.5) is 4.39 Å². The highest BCUT2D eigenvalue weighted by molar-refractivity contribution is 6.42. The van der Waals surface area contributed by atoms with Crippen molar-refractivity contribution < 1.29 is 9.18 Å². The van der Waals surface area contributed by atoms with Crippen molar-refractivity contribution in [2.75, 3.05) is 6.54 Å². The van der Waals surface area contributed by atoms with E-state index < -0.39 is 5.41 Å². The van der Waals surface area contributed by atoms with Gasteiger partial charge in [-0.05, 0) is 54.7 Å². The fourth-order valence-corrected chi connectivity index (χ4v) is 4.59. The molecule has 2 aliphatic rings. The number of fused-ring (bicyclic) bond motifs is 1. The van der Waals surface area contributed by atoms with Crippen LogP contribution in [0.5, 0.6) is 0 Å². The van der Waals surface area contributed by atoms with Crippen molar-refractivity contribution in [1.29, 1.82) is 0 Å². The molecule has 2 aromatic carbocycles. The quantitative estimate of drug-likeness (QED) is 0.611. The SMILES string of the molecule is O=C(N1CCc2c(Cl)ccc(F)c2C1)C1(c2ccc(Cl)c(Cl)c2)CCC1. The van der Waals surface area contributed by atoms with Gasteiger partial charge in [0.15, 0.2) is 0 Å². The van der Waals surface area contributed by atoms with E-state index in [0.29, 0.717) is 33.6 Å². The van der Waals surface area contributed by atoms with Crippen LogP contribution in [0, 0.1) is 5.82 Å². The molecule has 1 aliphatic heterocycles. The van der Waals surface area contributed by atoms with Crippen molar-refractivity contribution in [2.24, 2.45) is 0 Å². The van der Waals surface area contributed by atoms with Gasteiger partial charge in [-0.25, -0.2) is 4.39 Å². The van der Waals surface area contributed by atoms with Crippen LogP contribution in [0.15, 0.2) is 30.3 Å². The van der Waals surface area contributed by atoms with E-state index in [1.165, 1.54) is 6.07 Å². The highest BCUT2D eigenvalue weighted by atomic mass is 35.5. The molecular formula is C20H17Cl3FNO. The van der Waals surface area contributed by atoms with Gasteiger partial charge in [0.1, 0.15) is 5.82 Å². The van der Waals surface area contributed by atoms with Gasteiger partial charge in [0.25, 0.3) is 0 Å². The second-order valence-corrected chi connectivity index (χ2v) is 8.25. The zero-order valence-electron chi connectivity index (χ0n) is 14.0. The lowest BCUT2D eigenvalue weighted by Gasteiger charge is -2.45. The molecule has 1 heterocycles. The molecule has 6 heteroatoms. The summed E-state index contributed by atoms with van der Waals surface area (Å²) in [5, 5.41) is 1.49. The Kier molecular flexibility index (Phi) is 4.66. The number of carbonyl (C=O) groups is 1. The molecule has 0 atom stereocenters. The Morgan fingerprint density at radius 2 is 1.73 bits per heavy atom. The Labute approximate surface area is 166 Å². The zero-order chi connectivity index (χ0) is 18.5. The van der Waals surface area contributed by atoms with Crippen LogP contribution in [0.1, 0.15) is 36.0 Å². The summed E-state index contributed by atoms with van der Waals surface area (Å²) in [7, 11) is 0. The maximum absolute atomic E-state index is 14.3. The molecule has 2 nitrogen and oxygen atoms in total. The topological polar surface area (TPSA) is 20.3 Å². The molecule has 0 radical (unpaired) electrons. The molecule has 1 saturated carbocycles. The summed E-state index contributed by atoms with van der Waals surface area (Å²) < 4.78 is 14.3. The number of halogens is 4. The Hall–Kier alpha value is -1.29. The minimum Gasteiger partial charge on any atom is -0.337 e. The Morgan fingerprint density at radius 3 is 2.38 bits per heavy atom. The van der Waals surface area contributed by atoms with Crippen LogP contribution in [0.25, 0.3) is 0 Å². The molecular weight excluding hydrogens is 396 g/mol. The predicted octanol–water partition coefficient (Wildman–Crippen LogP) is 5.79. The van der Waals surface area contributed by atoms with Crippen LogP contribution in [0.2, 0.25) is 15.1 Å². The molecule has 0 bridgehead atoms. The molecule has 0 N–H and O–H groups in total. The normalized spacial score (nSPS) is 18.2. The monoisotopic (exact) mass is 411 g/mol. The van der Waals surface area contributed by atoms with Gasteiger partial charge in [0.05, 0.1) is 15.5 Å². The first-order chi connectivity index (χ1) is 12.4. The highest BCUT2D eigenvalue weighted by Gasteiger charge is 2.48. The van der Waals surface area contributed by atoms with Gasteiger partial charge in [-0.3, -0.25) is 4.79 Å². The molecule has 1 amide bonds. The summed E-state index contributed by atoms with van der Waals surface area (Å²) in [5.41, 5.74) is 1.65. The van der Waals surface area contributed by atoms with Crippen LogP contribution in [-0.2, 0) is 23.2 Å². The van der Waals surface area contributed by atoms with Gasteiger partial charge < -0.3 is 4.90 Å². The van der Waals surface area contributed by atoms with Crippen molar-refractivity contribution in [1.82, 2.24) is 4.90 Å². The van der Waals surface area contributed by atoms with E-state index in [0.717, 1.165) is 30.4 Å². The van der Waals surface area contributed by atoms with Crippen molar-refractivity contribution >= 4 is 40.7 Å². The summed E-state index contributed by atoms with van der Waals surface area (Å²) in [4.78, 5) is 15.2. The van der Waals surface area contributed by atoms with Gasteiger partial charge in [0.2, 0.25) is 5.91 Å². The zero-order valence-corrected chi connectivity index (χ0v) is 16.3. The molecule has 2 aromatic rings. The molecule has 1 fully saturated rings. The average Bonchev–Trinajstić information content (AvgIpc) is 2.60. The van der Waals surface area contributed by atoms with Crippen LogP contribution < -0.4 is 0 Å². The van der Waals surface area contributed by atoms with Gasteiger partial charge in [0, 0.05) is 23.7 Å². The largest absolute Gasteiger partial charge is 0.337 e. The lowest BCUT2D eigenvalue weighted by atomic mass is 9.63. The summed E-state index contributed by atoms with van der Waals surface area (Å²) >= 11 is 18.4. The highest BCUT2D eigenvalue weighted by Crippen LogP contribution is 2.47. The third-order valence-corrected chi connectivity index (χ3v) is 6.77. The Morgan fingerprint density at radius 1 is 1.00 bits per heavy atom. The first-order valence-corrected chi connectivity index (χ1v) is 9.76. The lowest BCUT2D eigenvalue weighted by molar-refractivity contribution is -0.142. The number of hydrogen-bond donors (Lipinski definition) is 0. The van der Waals surface area contributed by atoms with E-state index >= 15 is 0 Å².